The first-order chi connectivity index (χ1) is 7.24. The molecule has 15 heavy (non-hydrogen) atoms. The molecule has 0 aromatic rings. The lowest BCUT2D eigenvalue weighted by molar-refractivity contribution is 0.444. The second-order valence-corrected chi connectivity index (χ2v) is 3.88. The Hall–Kier alpha value is -1.36. The normalized spacial score (nSPS) is 29.9. The molecule has 0 saturated heterocycles. The van der Waals surface area contributed by atoms with Crippen molar-refractivity contribution in [2.24, 2.45) is 9.98 Å². The number of likely N-dealkylation sites (N-methyl/N-ethyl adjacent to an activating group) is 2. The highest BCUT2D eigenvalue weighted by Crippen LogP contribution is 2.21. The minimum absolute atomic E-state index is 0.187. The van der Waals surface area contributed by atoms with E-state index in [1.807, 2.05) is 20.4 Å². The van der Waals surface area contributed by atoms with Crippen LogP contribution < -0.4 is 10.6 Å². The largest absolute Gasteiger partial charge is 0.357 e. The van der Waals surface area contributed by atoms with Crippen molar-refractivity contribution in [2.75, 3.05) is 20.6 Å². The molecule has 0 spiro atoms. The molecule has 5 heteroatoms. The summed E-state index contributed by atoms with van der Waals surface area (Å²) in [6.45, 7) is 2.91. The van der Waals surface area contributed by atoms with Crippen molar-refractivity contribution in [2.45, 2.75) is 19.1 Å². The van der Waals surface area contributed by atoms with E-state index in [4.69, 9.17) is 0 Å². The molecular formula is C10H17N5. The SMILES string of the molecule is CNC1NC=NC(C2CN=CN2C)=C1C. The predicted molar refractivity (Wildman–Crippen MR) is 62.1 cm³/mol. The van der Waals surface area contributed by atoms with Gasteiger partial charge in [0.2, 0.25) is 0 Å². The lowest BCUT2D eigenvalue weighted by atomic mass is 10.1. The zero-order valence-corrected chi connectivity index (χ0v) is 9.36. The highest BCUT2D eigenvalue weighted by Gasteiger charge is 2.26. The van der Waals surface area contributed by atoms with Crippen molar-refractivity contribution in [1.82, 2.24) is 15.5 Å². The second-order valence-electron chi connectivity index (χ2n) is 3.88. The number of aliphatic imine (C=N–C) groups is 2. The van der Waals surface area contributed by atoms with E-state index in [9.17, 15) is 0 Å². The van der Waals surface area contributed by atoms with E-state index >= 15 is 0 Å². The minimum Gasteiger partial charge on any atom is -0.357 e. The fourth-order valence-electron chi connectivity index (χ4n) is 1.97. The maximum Gasteiger partial charge on any atom is 0.101 e. The van der Waals surface area contributed by atoms with Gasteiger partial charge in [0.05, 0.1) is 31.0 Å². The number of hydrogen-bond donors (Lipinski definition) is 2. The fraction of sp³-hybridized carbons (Fsp3) is 0.600. The van der Waals surface area contributed by atoms with Crippen LogP contribution in [0.25, 0.3) is 0 Å². The van der Waals surface area contributed by atoms with Crippen molar-refractivity contribution in [3.05, 3.63) is 11.3 Å². The smallest absolute Gasteiger partial charge is 0.101 e. The maximum atomic E-state index is 4.42. The molecule has 0 aromatic carbocycles. The molecule has 2 rings (SSSR count). The molecule has 2 N–H and O–H groups in total. The van der Waals surface area contributed by atoms with Gasteiger partial charge >= 0.3 is 0 Å². The number of rotatable bonds is 2. The van der Waals surface area contributed by atoms with Crippen molar-refractivity contribution >= 4 is 12.7 Å². The molecule has 0 saturated carbocycles. The summed E-state index contributed by atoms with van der Waals surface area (Å²) >= 11 is 0. The van der Waals surface area contributed by atoms with Crippen LogP contribution in [0.15, 0.2) is 21.3 Å². The fourth-order valence-corrected chi connectivity index (χ4v) is 1.97. The van der Waals surface area contributed by atoms with Crippen molar-refractivity contribution in [3.63, 3.8) is 0 Å². The van der Waals surface area contributed by atoms with E-state index in [-0.39, 0.29) is 6.17 Å². The van der Waals surface area contributed by atoms with E-state index in [1.165, 1.54) is 5.57 Å². The van der Waals surface area contributed by atoms with Gasteiger partial charge in [0.15, 0.2) is 0 Å². The molecule has 0 amide bonds. The lowest BCUT2D eigenvalue weighted by Crippen LogP contribution is -2.45. The average molecular weight is 207 g/mol. The molecule has 82 valence electrons. The van der Waals surface area contributed by atoms with Gasteiger partial charge in [0.1, 0.15) is 6.17 Å². The number of nitrogens with one attached hydrogen (secondary N) is 2. The van der Waals surface area contributed by atoms with Gasteiger partial charge in [-0.1, -0.05) is 0 Å². The summed E-state index contributed by atoms with van der Waals surface area (Å²) in [7, 11) is 3.97. The lowest BCUT2D eigenvalue weighted by Gasteiger charge is -2.28. The van der Waals surface area contributed by atoms with Gasteiger partial charge in [0, 0.05) is 7.05 Å². The quantitative estimate of drug-likeness (QED) is 0.658. The third-order valence-electron chi connectivity index (χ3n) is 2.92. The molecule has 2 atom stereocenters. The third-order valence-corrected chi connectivity index (χ3v) is 2.92. The van der Waals surface area contributed by atoms with Gasteiger partial charge in [-0.05, 0) is 19.5 Å². The first-order valence-electron chi connectivity index (χ1n) is 5.12. The predicted octanol–water partition coefficient (Wildman–Crippen LogP) is -0.220. The minimum atomic E-state index is 0.187. The monoisotopic (exact) mass is 207 g/mol. The van der Waals surface area contributed by atoms with E-state index < -0.39 is 0 Å². The summed E-state index contributed by atoms with van der Waals surface area (Å²) < 4.78 is 0. The first-order valence-corrected chi connectivity index (χ1v) is 5.12. The summed E-state index contributed by atoms with van der Waals surface area (Å²) in [5, 5.41) is 6.37. The Labute approximate surface area is 90.0 Å². The molecule has 2 aliphatic heterocycles. The Balaban J connectivity index is 2.23. The highest BCUT2D eigenvalue weighted by atomic mass is 15.2. The summed E-state index contributed by atoms with van der Waals surface area (Å²) in [5.74, 6) is 0. The molecular weight excluding hydrogens is 190 g/mol. The van der Waals surface area contributed by atoms with E-state index in [1.54, 1.807) is 6.34 Å². The zero-order chi connectivity index (χ0) is 10.8. The van der Waals surface area contributed by atoms with Crippen molar-refractivity contribution < 1.29 is 0 Å². The summed E-state index contributed by atoms with van der Waals surface area (Å²) in [6.07, 6.45) is 3.82. The Bertz CT molecular complexity index is 331. The molecule has 0 fully saturated rings. The first kappa shape index (κ1) is 10.2. The molecule has 2 heterocycles. The van der Waals surface area contributed by atoms with E-state index in [0.29, 0.717) is 6.04 Å². The van der Waals surface area contributed by atoms with Gasteiger partial charge < -0.3 is 10.2 Å². The Morgan fingerprint density at radius 3 is 3.00 bits per heavy atom. The van der Waals surface area contributed by atoms with Gasteiger partial charge in [-0.25, -0.2) is 4.99 Å². The number of nitrogens with zero attached hydrogens (tertiary/aromatic N) is 3. The van der Waals surface area contributed by atoms with Gasteiger partial charge in [0.25, 0.3) is 0 Å². The van der Waals surface area contributed by atoms with Crippen LogP contribution >= 0.6 is 0 Å². The second kappa shape index (κ2) is 4.02. The van der Waals surface area contributed by atoms with E-state index in [0.717, 1.165) is 12.2 Å². The van der Waals surface area contributed by atoms with Crippen LogP contribution in [-0.4, -0.2) is 50.4 Å². The summed E-state index contributed by atoms with van der Waals surface area (Å²) in [5.41, 5.74) is 2.36. The van der Waals surface area contributed by atoms with Crippen LogP contribution in [0, 0.1) is 0 Å². The average Bonchev–Trinajstić information content (AvgIpc) is 2.65. The Morgan fingerprint density at radius 2 is 2.40 bits per heavy atom. The highest BCUT2D eigenvalue weighted by molar-refractivity contribution is 5.63. The molecule has 0 aromatic heterocycles. The Kier molecular flexibility index (Phi) is 2.73. The van der Waals surface area contributed by atoms with Crippen LogP contribution in [0.1, 0.15) is 6.92 Å². The van der Waals surface area contributed by atoms with Gasteiger partial charge in [-0.15, -0.1) is 0 Å². The van der Waals surface area contributed by atoms with Crippen molar-refractivity contribution in [3.8, 4) is 0 Å². The molecule has 2 unspecified atom stereocenters. The van der Waals surface area contributed by atoms with Gasteiger partial charge in [-0.2, -0.15) is 0 Å². The maximum absolute atomic E-state index is 4.42. The van der Waals surface area contributed by atoms with Crippen LogP contribution in [-0.2, 0) is 0 Å². The molecule has 0 radical (unpaired) electrons. The zero-order valence-electron chi connectivity index (χ0n) is 9.36. The standard InChI is InChI=1S/C10H17N5/c1-7-9(8-4-12-6-15(8)3)13-5-14-10(7)11-2/h5-6,8,10-11H,4H2,1-3H3,(H,13,14). The molecule has 5 nitrogen and oxygen atoms in total. The van der Waals surface area contributed by atoms with Crippen LogP contribution in [0.4, 0.5) is 0 Å². The third kappa shape index (κ3) is 1.74. The van der Waals surface area contributed by atoms with Crippen LogP contribution in [0.2, 0.25) is 0 Å². The van der Waals surface area contributed by atoms with E-state index in [2.05, 4.69) is 32.4 Å². The van der Waals surface area contributed by atoms with Crippen LogP contribution in [0.5, 0.6) is 0 Å². The van der Waals surface area contributed by atoms with Crippen LogP contribution in [0.3, 0.4) is 0 Å². The van der Waals surface area contributed by atoms with Gasteiger partial charge in [-0.3, -0.25) is 10.3 Å². The number of hydrogen-bond acceptors (Lipinski definition) is 5. The Morgan fingerprint density at radius 1 is 1.60 bits per heavy atom. The molecule has 0 bridgehead atoms. The van der Waals surface area contributed by atoms with Crippen molar-refractivity contribution in [1.29, 1.82) is 0 Å². The topological polar surface area (TPSA) is 52.0 Å². The molecule has 0 aliphatic carbocycles. The summed E-state index contributed by atoms with van der Waals surface area (Å²) in [4.78, 5) is 10.8. The summed E-state index contributed by atoms with van der Waals surface area (Å²) in [6, 6.07) is 0.291. The molecule has 2 aliphatic rings.